The van der Waals surface area contributed by atoms with Crippen LogP contribution in [0.5, 0.6) is 0 Å². The molecule has 0 aromatic rings. The number of rotatable bonds is 3. The van der Waals surface area contributed by atoms with Gasteiger partial charge >= 0.3 is 0 Å². The zero-order valence-electron chi connectivity index (χ0n) is 11.1. The zero-order valence-corrected chi connectivity index (χ0v) is 12.7. The first kappa shape index (κ1) is 14.3. The summed E-state index contributed by atoms with van der Waals surface area (Å²) in [6, 6.07) is 0. The van der Waals surface area contributed by atoms with Gasteiger partial charge < -0.3 is 9.64 Å². The minimum absolute atomic E-state index is 0.243. The molecule has 3 nitrogen and oxygen atoms in total. The lowest BCUT2D eigenvalue weighted by molar-refractivity contribution is -0.134. The van der Waals surface area contributed by atoms with Gasteiger partial charge in [0.1, 0.15) is 0 Å². The van der Waals surface area contributed by atoms with Gasteiger partial charge in [0, 0.05) is 43.5 Å². The first-order valence-corrected chi connectivity index (χ1v) is 8.29. The van der Waals surface area contributed by atoms with Gasteiger partial charge in [-0.3, -0.25) is 4.79 Å². The number of carbonyl (C=O) groups is 1. The lowest BCUT2D eigenvalue weighted by atomic mass is 9.81. The molecule has 0 bridgehead atoms. The zero-order chi connectivity index (χ0) is 12.8. The second kappa shape index (κ2) is 6.90. The van der Waals surface area contributed by atoms with E-state index in [9.17, 15) is 4.79 Å². The predicted octanol–water partition coefficient (Wildman–Crippen LogP) is 2.97. The Morgan fingerprint density at radius 1 is 1.17 bits per heavy atom. The molecule has 0 N–H and O–H groups in total. The molecule has 0 aliphatic carbocycles. The van der Waals surface area contributed by atoms with Gasteiger partial charge in [-0.25, -0.2) is 0 Å². The fourth-order valence-electron chi connectivity index (χ4n) is 2.93. The van der Waals surface area contributed by atoms with Crippen molar-refractivity contribution < 1.29 is 9.53 Å². The van der Waals surface area contributed by atoms with Crippen LogP contribution in [-0.4, -0.2) is 42.4 Å². The molecule has 2 aliphatic heterocycles. The van der Waals surface area contributed by atoms with E-state index in [1.165, 1.54) is 19.3 Å². The first-order valence-electron chi connectivity index (χ1n) is 7.17. The molecule has 4 heteroatoms. The Kier molecular flexibility index (Phi) is 5.49. The molecule has 2 heterocycles. The quantitative estimate of drug-likeness (QED) is 0.749. The highest BCUT2D eigenvalue weighted by molar-refractivity contribution is 9.09. The molecule has 0 unspecified atom stereocenters. The molecule has 2 aliphatic rings. The van der Waals surface area contributed by atoms with Gasteiger partial charge in [0.25, 0.3) is 0 Å². The average molecular weight is 318 g/mol. The van der Waals surface area contributed by atoms with Gasteiger partial charge in [0.05, 0.1) is 0 Å². The van der Waals surface area contributed by atoms with E-state index in [0.717, 1.165) is 57.3 Å². The summed E-state index contributed by atoms with van der Waals surface area (Å²) < 4.78 is 5.46. The predicted molar refractivity (Wildman–Crippen MR) is 75.9 cm³/mol. The average Bonchev–Trinajstić information content (AvgIpc) is 2.40. The Morgan fingerprint density at radius 3 is 2.61 bits per heavy atom. The smallest absolute Gasteiger partial charge is 0.222 e. The Bertz CT molecular complexity index is 277. The number of likely N-dealkylation sites (tertiary alicyclic amines) is 1. The van der Waals surface area contributed by atoms with Crippen molar-refractivity contribution in [3.8, 4) is 0 Å². The van der Waals surface area contributed by atoms with Crippen LogP contribution in [0.25, 0.3) is 0 Å². The standard InChI is InChI=1S/C14H24BrNO2/c15-11-14(6-9-18-10-7-14)12-16-8-4-2-1-3-5-13(16)17/h1-12H2. The van der Waals surface area contributed by atoms with Crippen LogP contribution in [0.15, 0.2) is 0 Å². The maximum absolute atomic E-state index is 12.2. The fourth-order valence-corrected chi connectivity index (χ4v) is 3.66. The molecular weight excluding hydrogens is 294 g/mol. The molecular formula is C14H24BrNO2. The van der Waals surface area contributed by atoms with E-state index in [-0.39, 0.29) is 5.41 Å². The molecule has 0 aromatic heterocycles. The fraction of sp³-hybridized carbons (Fsp3) is 0.929. The minimum atomic E-state index is 0.243. The Hall–Kier alpha value is -0.0900. The number of halogens is 1. The van der Waals surface area contributed by atoms with Crippen molar-refractivity contribution in [1.29, 1.82) is 0 Å². The minimum Gasteiger partial charge on any atom is -0.381 e. The van der Waals surface area contributed by atoms with Gasteiger partial charge in [-0.15, -0.1) is 0 Å². The van der Waals surface area contributed by atoms with E-state index in [1.54, 1.807) is 0 Å². The summed E-state index contributed by atoms with van der Waals surface area (Å²) in [7, 11) is 0. The van der Waals surface area contributed by atoms with E-state index in [1.807, 2.05) is 0 Å². The number of ether oxygens (including phenoxy) is 1. The molecule has 0 saturated carbocycles. The Balaban J connectivity index is 1.97. The molecule has 2 rings (SSSR count). The Morgan fingerprint density at radius 2 is 1.89 bits per heavy atom. The number of hydrogen-bond donors (Lipinski definition) is 0. The van der Waals surface area contributed by atoms with Crippen molar-refractivity contribution in [2.75, 3.05) is 31.6 Å². The third-order valence-corrected chi connectivity index (χ3v) is 5.47. The van der Waals surface area contributed by atoms with Crippen LogP contribution in [0, 0.1) is 5.41 Å². The number of carbonyl (C=O) groups excluding carboxylic acids is 1. The van der Waals surface area contributed by atoms with Gasteiger partial charge in [-0.2, -0.15) is 0 Å². The molecule has 104 valence electrons. The summed E-state index contributed by atoms with van der Waals surface area (Å²) in [5.41, 5.74) is 0.243. The highest BCUT2D eigenvalue weighted by Crippen LogP contribution is 2.34. The van der Waals surface area contributed by atoms with E-state index >= 15 is 0 Å². The monoisotopic (exact) mass is 317 g/mol. The van der Waals surface area contributed by atoms with Crippen LogP contribution in [0.3, 0.4) is 0 Å². The van der Waals surface area contributed by atoms with Crippen molar-refractivity contribution in [2.24, 2.45) is 5.41 Å². The van der Waals surface area contributed by atoms with E-state index < -0.39 is 0 Å². The van der Waals surface area contributed by atoms with Crippen molar-refractivity contribution in [3.63, 3.8) is 0 Å². The largest absolute Gasteiger partial charge is 0.381 e. The van der Waals surface area contributed by atoms with E-state index in [0.29, 0.717) is 5.91 Å². The highest BCUT2D eigenvalue weighted by Gasteiger charge is 2.34. The summed E-state index contributed by atoms with van der Waals surface area (Å²) in [6.07, 6.45) is 7.62. The first-order chi connectivity index (χ1) is 8.76. The van der Waals surface area contributed by atoms with Gasteiger partial charge in [0.2, 0.25) is 5.91 Å². The van der Waals surface area contributed by atoms with Gasteiger partial charge in [0.15, 0.2) is 0 Å². The maximum atomic E-state index is 12.2. The van der Waals surface area contributed by atoms with Crippen LogP contribution in [-0.2, 0) is 9.53 Å². The number of nitrogens with zero attached hydrogens (tertiary/aromatic N) is 1. The molecule has 0 atom stereocenters. The molecule has 0 spiro atoms. The lowest BCUT2D eigenvalue weighted by Crippen LogP contribution is -2.45. The number of amides is 1. The van der Waals surface area contributed by atoms with Crippen molar-refractivity contribution >= 4 is 21.8 Å². The molecule has 2 saturated heterocycles. The third kappa shape index (κ3) is 3.70. The summed E-state index contributed by atoms with van der Waals surface area (Å²) >= 11 is 3.66. The second-order valence-electron chi connectivity index (χ2n) is 5.73. The van der Waals surface area contributed by atoms with Gasteiger partial charge in [-0.05, 0) is 25.7 Å². The SMILES string of the molecule is O=C1CCCCCCN1CC1(CBr)CCOCC1. The third-order valence-electron chi connectivity index (χ3n) is 4.28. The highest BCUT2D eigenvalue weighted by atomic mass is 79.9. The Labute approximate surface area is 118 Å². The summed E-state index contributed by atoms with van der Waals surface area (Å²) in [6.45, 7) is 3.55. The molecule has 1 amide bonds. The molecule has 2 fully saturated rings. The van der Waals surface area contributed by atoms with E-state index in [2.05, 4.69) is 20.8 Å². The van der Waals surface area contributed by atoms with Crippen LogP contribution >= 0.6 is 15.9 Å². The van der Waals surface area contributed by atoms with Crippen LogP contribution in [0.4, 0.5) is 0 Å². The van der Waals surface area contributed by atoms with Crippen molar-refractivity contribution in [1.82, 2.24) is 4.90 Å². The molecule has 18 heavy (non-hydrogen) atoms. The molecule has 0 radical (unpaired) electrons. The topological polar surface area (TPSA) is 29.5 Å². The molecule has 0 aromatic carbocycles. The summed E-state index contributed by atoms with van der Waals surface area (Å²) in [4.78, 5) is 14.3. The van der Waals surface area contributed by atoms with Crippen LogP contribution < -0.4 is 0 Å². The van der Waals surface area contributed by atoms with Gasteiger partial charge in [-0.1, -0.05) is 28.8 Å². The van der Waals surface area contributed by atoms with Crippen molar-refractivity contribution in [2.45, 2.75) is 44.9 Å². The van der Waals surface area contributed by atoms with Crippen molar-refractivity contribution in [3.05, 3.63) is 0 Å². The lowest BCUT2D eigenvalue weighted by Gasteiger charge is -2.40. The number of hydrogen-bond acceptors (Lipinski definition) is 2. The second-order valence-corrected chi connectivity index (χ2v) is 6.29. The summed E-state index contributed by atoms with van der Waals surface area (Å²) in [5.74, 6) is 0.363. The summed E-state index contributed by atoms with van der Waals surface area (Å²) in [5, 5.41) is 0.979. The van der Waals surface area contributed by atoms with Crippen LogP contribution in [0.2, 0.25) is 0 Å². The van der Waals surface area contributed by atoms with Crippen LogP contribution in [0.1, 0.15) is 44.9 Å². The number of alkyl halides is 1. The van der Waals surface area contributed by atoms with E-state index in [4.69, 9.17) is 4.74 Å². The maximum Gasteiger partial charge on any atom is 0.222 e. The normalized spacial score (nSPS) is 25.6.